The van der Waals surface area contributed by atoms with Crippen LogP contribution in [0.15, 0.2) is 24.3 Å². The highest BCUT2D eigenvalue weighted by atomic mass is 16.5. The molecule has 0 radical (unpaired) electrons. The van der Waals surface area contributed by atoms with Gasteiger partial charge in [-0.1, -0.05) is 18.2 Å². The van der Waals surface area contributed by atoms with Gasteiger partial charge in [-0.15, -0.1) is 0 Å². The predicted molar refractivity (Wildman–Crippen MR) is 72.5 cm³/mol. The van der Waals surface area contributed by atoms with Crippen LogP contribution in [0.1, 0.15) is 37.2 Å². The third-order valence-electron chi connectivity index (χ3n) is 4.15. The molecule has 1 saturated heterocycles. The van der Waals surface area contributed by atoms with Crippen LogP contribution in [0.3, 0.4) is 0 Å². The summed E-state index contributed by atoms with van der Waals surface area (Å²) in [5.74, 6) is 1.75. The Hall–Kier alpha value is -1.35. The Bertz CT molecular complexity index is 449. The van der Waals surface area contributed by atoms with E-state index in [4.69, 9.17) is 9.47 Å². The fourth-order valence-corrected chi connectivity index (χ4v) is 3.03. The van der Waals surface area contributed by atoms with Crippen LogP contribution in [-0.4, -0.2) is 25.6 Å². The number of rotatable bonds is 3. The fourth-order valence-electron chi connectivity index (χ4n) is 3.03. The van der Waals surface area contributed by atoms with E-state index in [-0.39, 0.29) is 5.92 Å². The first-order valence-corrected chi connectivity index (χ1v) is 7.17. The second-order valence-electron chi connectivity index (χ2n) is 5.46. The van der Waals surface area contributed by atoms with E-state index in [0.717, 1.165) is 38.2 Å². The number of fused-ring (bicyclic) bond motifs is 1. The molecule has 1 fully saturated rings. The average molecular weight is 260 g/mol. The number of para-hydroxylation sites is 1. The van der Waals surface area contributed by atoms with Crippen LogP contribution >= 0.6 is 0 Å². The van der Waals surface area contributed by atoms with Crippen molar-refractivity contribution in [1.82, 2.24) is 0 Å². The maximum absolute atomic E-state index is 12.4. The molecule has 3 nitrogen and oxygen atoms in total. The summed E-state index contributed by atoms with van der Waals surface area (Å²) in [5.41, 5.74) is 1.19. The molecule has 0 aliphatic carbocycles. The van der Waals surface area contributed by atoms with Crippen LogP contribution in [0, 0.1) is 5.92 Å². The van der Waals surface area contributed by atoms with Crippen molar-refractivity contribution in [2.45, 2.75) is 31.6 Å². The molecule has 0 N–H and O–H groups in total. The molecule has 3 heteroatoms. The van der Waals surface area contributed by atoms with Gasteiger partial charge in [0.2, 0.25) is 0 Å². The second kappa shape index (κ2) is 5.74. The van der Waals surface area contributed by atoms with E-state index in [0.29, 0.717) is 24.7 Å². The fraction of sp³-hybridized carbons (Fsp3) is 0.562. The minimum Gasteiger partial charge on any atom is -0.493 e. The maximum Gasteiger partial charge on any atom is 0.138 e. The topological polar surface area (TPSA) is 35.5 Å². The number of carbonyl (C=O) groups is 1. The van der Waals surface area contributed by atoms with Gasteiger partial charge in [0.05, 0.1) is 13.2 Å². The largest absolute Gasteiger partial charge is 0.493 e. The zero-order chi connectivity index (χ0) is 13.1. The molecule has 2 aliphatic heterocycles. The zero-order valence-electron chi connectivity index (χ0n) is 11.1. The van der Waals surface area contributed by atoms with E-state index in [1.54, 1.807) is 0 Å². The van der Waals surface area contributed by atoms with Gasteiger partial charge in [0.25, 0.3) is 0 Å². The van der Waals surface area contributed by atoms with Crippen LogP contribution in [0.5, 0.6) is 5.75 Å². The quantitative estimate of drug-likeness (QED) is 0.838. The van der Waals surface area contributed by atoms with Crippen molar-refractivity contribution >= 4 is 5.78 Å². The highest BCUT2D eigenvalue weighted by Crippen LogP contribution is 2.36. The van der Waals surface area contributed by atoms with Gasteiger partial charge < -0.3 is 9.47 Å². The maximum atomic E-state index is 12.4. The summed E-state index contributed by atoms with van der Waals surface area (Å²) in [6.07, 6.45) is 3.58. The Morgan fingerprint density at radius 3 is 2.95 bits per heavy atom. The lowest BCUT2D eigenvalue weighted by molar-refractivity contribution is -0.127. The summed E-state index contributed by atoms with van der Waals surface area (Å²) in [7, 11) is 0. The van der Waals surface area contributed by atoms with Gasteiger partial charge in [0.15, 0.2) is 0 Å². The Morgan fingerprint density at radius 2 is 2.11 bits per heavy atom. The standard InChI is InChI=1S/C16H20O3/c17-15(13-4-3-8-18-11-13)10-12-7-9-19-16-6-2-1-5-14(12)16/h1-2,5-6,12-13H,3-4,7-11H2. The third kappa shape index (κ3) is 2.81. The SMILES string of the molecule is O=C(CC1CCOc2ccccc21)C1CCCOC1. The Morgan fingerprint density at radius 1 is 1.21 bits per heavy atom. The molecule has 3 rings (SSSR count). The number of carbonyl (C=O) groups excluding carboxylic acids is 1. The highest BCUT2D eigenvalue weighted by Gasteiger charge is 2.28. The van der Waals surface area contributed by atoms with E-state index in [2.05, 4.69) is 6.07 Å². The number of Topliss-reactive ketones (excluding diaryl/α,β-unsaturated/α-hetero) is 1. The summed E-state index contributed by atoms with van der Waals surface area (Å²) in [4.78, 5) is 12.4. The first-order valence-electron chi connectivity index (χ1n) is 7.17. The molecule has 0 bridgehead atoms. The first kappa shape index (κ1) is 12.7. The molecule has 0 spiro atoms. The van der Waals surface area contributed by atoms with E-state index < -0.39 is 0 Å². The summed E-state index contributed by atoms with van der Waals surface area (Å²) >= 11 is 0. The molecule has 2 unspecified atom stereocenters. The van der Waals surface area contributed by atoms with Crippen molar-refractivity contribution < 1.29 is 14.3 Å². The van der Waals surface area contributed by atoms with E-state index in [9.17, 15) is 4.79 Å². The van der Waals surface area contributed by atoms with E-state index in [1.165, 1.54) is 5.56 Å². The van der Waals surface area contributed by atoms with Crippen molar-refractivity contribution in [3.05, 3.63) is 29.8 Å². The molecule has 0 aromatic heterocycles. The van der Waals surface area contributed by atoms with Crippen molar-refractivity contribution in [2.24, 2.45) is 5.92 Å². The average Bonchev–Trinajstić information content (AvgIpc) is 2.48. The highest BCUT2D eigenvalue weighted by molar-refractivity contribution is 5.82. The lowest BCUT2D eigenvalue weighted by atomic mass is 9.84. The molecule has 2 atom stereocenters. The Kier molecular flexibility index (Phi) is 3.83. The van der Waals surface area contributed by atoms with E-state index >= 15 is 0 Å². The monoisotopic (exact) mass is 260 g/mol. The van der Waals surface area contributed by atoms with Gasteiger partial charge in [0.1, 0.15) is 11.5 Å². The minimum absolute atomic E-state index is 0.115. The molecule has 19 heavy (non-hydrogen) atoms. The molecule has 0 saturated carbocycles. The van der Waals surface area contributed by atoms with Crippen molar-refractivity contribution in [3.8, 4) is 5.75 Å². The number of hydrogen-bond donors (Lipinski definition) is 0. The predicted octanol–water partition coefficient (Wildman–Crippen LogP) is 2.94. The summed E-state index contributed by atoms with van der Waals surface area (Å²) < 4.78 is 11.1. The molecular formula is C16H20O3. The smallest absolute Gasteiger partial charge is 0.138 e. The molecule has 102 valence electrons. The molecule has 1 aromatic carbocycles. The normalized spacial score (nSPS) is 26.3. The minimum atomic E-state index is 0.115. The van der Waals surface area contributed by atoms with E-state index in [1.807, 2.05) is 18.2 Å². The van der Waals surface area contributed by atoms with Crippen LogP contribution < -0.4 is 4.74 Å². The number of ketones is 1. The zero-order valence-corrected chi connectivity index (χ0v) is 11.1. The van der Waals surface area contributed by atoms with Gasteiger partial charge in [-0.25, -0.2) is 0 Å². The first-order chi connectivity index (χ1) is 9.34. The van der Waals surface area contributed by atoms with Gasteiger partial charge in [0, 0.05) is 18.9 Å². The molecule has 1 aromatic rings. The van der Waals surface area contributed by atoms with Crippen LogP contribution in [0.4, 0.5) is 0 Å². The molecule has 2 aliphatic rings. The number of hydrogen-bond acceptors (Lipinski definition) is 3. The third-order valence-corrected chi connectivity index (χ3v) is 4.15. The second-order valence-corrected chi connectivity index (χ2v) is 5.46. The van der Waals surface area contributed by atoms with Gasteiger partial charge >= 0.3 is 0 Å². The summed E-state index contributed by atoms with van der Waals surface area (Å²) in [6, 6.07) is 8.09. The van der Waals surface area contributed by atoms with Crippen LogP contribution in [0.25, 0.3) is 0 Å². The molecule has 2 heterocycles. The van der Waals surface area contributed by atoms with Crippen LogP contribution in [0.2, 0.25) is 0 Å². The Balaban J connectivity index is 1.68. The molecular weight excluding hydrogens is 240 g/mol. The van der Waals surface area contributed by atoms with Crippen molar-refractivity contribution in [3.63, 3.8) is 0 Å². The van der Waals surface area contributed by atoms with Gasteiger partial charge in [-0.3, -0.25) is 4.79 Å². The lowest BCUT2D eigenvalue weighted by Crippen LogP contribution is -2.27. The Labute approximate surface area is 113 Å². The summed E-state index contributed by atoms with van der Waals surface area (Å²) in [5, 5.41) is 0. The van der Waals surface area contributed by atoms with Crippen molar-refractivity contribution in [2.75, 3.05) is 19.8 Å². The van der Waals surface area contributed by atoms with Crippen molar-refractivity contribution in [1.29, 1.82) is 0 Å². The summed E-state index contributed by atoms with van der Waals surface area (Å²) in [6.45, 7) is 2.14. The lowest BCUT2D eigenvalue weighted by Gasteiger charge is -2.27. The van der Waals surface area contributed by atoms with Gasteiger partial charge in [-0.05, 0) is 36.8 Å². The molecule has 0 amide bonds. The number of benzene rings is 1. The number of ether oxygens (including phenoxy) is 2. The van der Waals surface area contributed by atoms with Crippen LogP contribution in [-0.2, 0) is 9.53 Å². The van der Waals surface area contributed by atoms with Gasteiger partial charge in [-0.2, -0.15) is 0 Å².